The largest absolute Gasteiger partial charge is 0.478 e. The summed E-state index contributed by atoms with van der Waals surface area (Å²) in [6, 6.07) is 2.62. The van der Waals surface area contributed by atoms with Crippen LogP contribution in [-0.2, 0) is 7.05 Å². The quantitative estimate of drug-likeness (QED) is 0.896. The molecule has 2 aromatic rings. The number of rotatable bonds is 3. The summed E-state index contributed by atoms with van der Waals surface area (Å²) in [5.74, 6) is -3.93. The van der Waals surface area contributed by atoms with Crippen molar-refractivity contribution in [3.63, 3.8) is 0 Å². The lowest BCUT2D eigenvalue weighted by atomic mass is 10.2. The molecule has 0 aliphatic carbocycles. The maximum atomic E-state index is 13.4. The van der Waals surface area contributed by atoms with Crippen molar-refractivity contribution >= 4 is 17.6 Å². The number of carbonyl (C=O) groups excluding carboxylic acids is 1. The van der Waals surface area contributed by atoms with Crippen LogP contribution in [0, 0.1) is 11.6 Å². The Bertz CT molecular complexity index is 697. The number of carboxylic acids is 1. The number of halogens is 2. The molecule has 104 valence electrons. The van der Waals surface area contributed by atoms with Crippen LogP contribution in [0.25, 0.3) is 0 Å². The summed E-state index contributed by atoms with van der Waals surface area (Å²) in [5, 5.41) is 14.8. The first-order chi connectivity index (χ1) is 9.40. The molecule has 0 fully saturated rings. The van der Waals surface area contributed by atoms with Gasteiger partial charge in [0.15, 0.2) is 0 Å². The molecule has 1 aromatic heterocycles. The average Bonchev–Trinajstić information content (AvgIpc) is 2.75. The van der Waals surface area contributed by atoms with Gasteiger partial charge in [-0.3, -0.25) is 9.48 Å². The molecule has 0 saturated heterocycles. The molecule has 2 N–H and O–H groups in total. The van der Waals surface area contributed by atoms with Crippen LogP contribution in [0.5, 0.6) is 0 Å². The van der Waals surface area contributed by atoms with Crippen molar-refractivity contribution in [3.05, 3.63) is 47.3 Å². The molecule has 1 heterocycles. The van der Waals surface area contributed by atoms with Crippen molar-refractivity contribution in [2.75, 3.05) is 5.32 Å². The number of carboxylic acid groups (broad SMARTS) is 1. The highest BCUT2D eigenvalue weighted by Crippen LogP contribution is 2.17. The summed E-state index contributed by atoms with van der Waals surface area (Å²) in [5.41, 5.74) is -0.803. The first-order valence-corrected chi connectivity index (χ1v) is 5.42. The first kappa shape index (κ1) is 13.7. The highest BCUT2D eigenvalue weighted by molar-refractivity contribution is 6.09. The van der Waals surface area contributed by atoms with E-state index in [2.05, 4.69) is 10.4 Å². The van der Waals surface area contributed by atoms with Crippen LogP contribution >= 0.6 is 0 Å². The number of aryl methyl sites for hydroxylation is 1. The van der Waals surface area contributed by atoms with Gasteiger partial charge in [-0.1, -0.05) is 0 Å². The van der Waals surface area contributed by atoms with Crippen molar-refractivity contribution in [3.8, 4) is 0 Å². The van der Waals surface area contributed by atoms with Gasteiger partial charge in [0, 0.05) is 13.1 Å². The Morgan fingerprint density at radius 2 is 2.05 bits per heavy atom. The van der Waals surface area contributed by atoms with Gasteiger partial charge in [-0.05, 0) is 12.1 Å². The van der Waals surface area contributed by atoms with Gasteiger partial charge in [-0.15, -0.1) is 0 Å². The van der Waals surface area contributed by atoms with Gasteiger partial charge in [0.25, 0.3) is 5.91 Å². The number of amides is 1. The van der Waals surface area contributed by atoms with Crippen LogP contribution in [0.4, 0.5) is 14.5 Å². The third-order valence-electron chi connectivity index (χ3n) is 2.56. The summed E-state index contributed by atoms with van der Waals surface area (Å²) in [6.07, 6.45) is 1.01. The van der Waals surface area contributed by atoms with E-state index < -0.39 is 23.5 Å². The Hall–Kier alpha value is -2.77. The number of nitrogens with one attached hydrogen (secondary N) is 1. The minimum Gasteiger partial charge on any atom is -0.478 e. The van der Waals surface area contributed by atoms with Gasteiger partial charge in [0.1, 0.15) is 22.9 Å². The SMILES string of the molecule is Cn1ncc(C(=O)O)c1C(=O)Nc1ccc(F)cc1F. The Morgan fingerprint density at radius 3 is 2.65 bits per heavy atom. The lowest BCUT2D eigenvalue weighted by Gasteiger charge is -2.07. The lowest BCUT2D eigenvalue weighted by molar-refractivity contribution is 0.0692. The topological polar surface area (TPSA) is 84.2 Å². The molecule has 0 radical (unpaired) electrons. The molecule has 0 aliphatic heterocycles. The summed E-state index contributed by atoms with van der Waals surface area (Å²) >= 11 is 0. The molecule has 0 bridgehead atoms. The van der Waals surface area contributed by atoms with Crippen LogP contribution in [0.2, 0.25) is 0 Å². The Balaban J connectivity index is 2.33. The number of hydrogen-bond acceptors (Lipinski definition) is 3. The molecule has 20 heavy (non-hydrogen) atoms. The molecular weight excluding hydrogens is 272 g/mol. The molecule has 0 aliphatic rings. The zero-order chi connectivity index (χ0) is 14.9. The zero-order valence-corrected chi connectivity index (χ0v) is 10.2. The second-order valence-corrected chi connectivity index (χ2v) is 3.91. The van der Waals surface area contributed by atoms with Gasteiger partial charge < -0.3 is 10.4 Å². The average molecular weight is 281 g/mol. The molecule has 0 unspecified atom stereocenters. The van der Waals surface area contributed by atoms with E-state index in [9.17, 15) is 18.4 Å². The van der Waals surface area contributed by atoms with Crippen LogP contribution in [0.1, 0.15) is 20.8 Å². The molecule has 0 spiro atoms. The molecule has 8 heteroatoms. The monoisotopic (exact) mass is 281 g/mol. The fraction of sp³-hybridized carbons (Fsp3) is 0.0833. The van der Waals surface area contributed by atoms with E-state index in [4.69, 9.17) is 5.11 Å². The van der Waals surface area contributed by atoms with Gasteiger partial charge in [0.05, 0.1) is 11.9 Å². The van der Waals surface area contributed by atoms with E-state index in [1.807, 2.05) is 0 Å². The lowest BCUT2D eigenvalue weighted by Crippen LogP contribution is -2.20. The highest BCUT2D eigenvalue weighted by atomic mass is 19.1. The number of aromatic carboxylic acids is 1. The standard InChI is InChI=1S/C12H9F2N3O3/c1-17-10(7(5-15-17)12(19)20)11(18)16-9-3-2-6(13)4-8(9)14/h2-5H,1H3,(H,16,18)(H,19,20). The Labute approximate surface area is 111 Å². The van der Waals surface area contributed by atoms with E-state index in [0.29, 0.717) is 6.07 Å². The van der Waals surface area contributed by atoms with Gasteiger partial charge in [-0.25, -0.2) is 13.6 Å². The minimum absolute atomic E-state index is 0.235. The number of aromatic nitrogens is 2. The summed E-state index contributed by atoms with van der Waals surface area (Å²) in [6.45, 7) is 0. The predicted octanol–water partition coefficient (Wildman–Crippen LogP) is 1.65. The third kappa shape index (κ3) is 2.48. The van der Waals surface area contributed by atoms with Crippen LogP contribution in [0.3, 0.4) is 0 Å². The van der Waals surface area contributed by atoms with E-state index in [-0.39, 0.29) is 16.9 Å². The number of anilines is 1. The molecule has 1 aromatic carbocycles. The van der Waals surface area contributed by atoms with Crippen LogP contribution < -0.4 is 5.32 Å². The molecule has 6 nitrogen and oxygen atoms in total. The van der Waals surface area contributed by atoms with Crippen molar-refractivity contribution in [1.82, 2.24) is 9.78 Å². The summed E-state index contributed by atoms with van der Waals surface area (Å²) in [4.78, 5) is 22.9. The summed E-state index contributed by atoms with van der Waals surface area (Å²) < 4.78 is 27.2. The Kier molecular flexibility index (Phi) is 3.47. The normalized spacial score (nSPS) is 10.3. The first-order valence-electron chi connectivity index (χ1n) is 5.42. The van der Waals surface area contributed by atoms with Gasteiger partial charge in [0.2, 0.25) is 0 Å². The maximum Gasteiger partial charge on any atom is 0.339 e. The minimum atomic E-state index is -1.33. The fourth-order valence-electron chi connectivity index (χ4n) is 1.64. The maximum absolute atomic E-state index is 13.4. The van der Waals surface area contributed by atoms with E-state index in [1.54, 1.807) is 0 Å². The van der Waals surface area contributed by atoms with Crippen LogP contribution in [-0.4, -0.2) is 26.8 Å². The summed E-state index contributed by atoms with van der Waals surface area (Å²) in [7, 11) is 1.38. The zero-order valence-electron chi connectivity index (χ0n) is 10.2. The van der Waals surface area contributed by atoms with Crippen LogP contribution in [0.15, 0.2) is 24.4 Å². The Morgan fingerprint density at radius 1 is 1.35 bits per heavy atom. The smallest absolute Gasteiger partial charge is 0.339 e. The highest BCUT2D eigenvalue weighted by Gasteiger charge is 2.22. The third-order valence-corrected chi connectivity index (χ3v) is 2.56. The fourth-order valence-corrected chi connectivity index (χ4v) is 1.64. The second kappa shape index (κ2) is 5.08. The van der Waals surface area contributed by atoms with E-state index in [1.165, 1.54) is 7.05 Å². The number of benzene rings is 1. The van der Waals surface area contributed by atoms with Crippen molar-refractivity contribution in [1.29, 1.82) is 0 Å². The molecular formula is C12H9F2N3O3. The van der Waals surface area contributed by atoms with E-state index in [0.717, 1.165) is 23.0 Å². The second-order valence-electron chi connectivity index (χ2n) is 3.91. The molecule has 2 rings (SSSR count). The number of nitrogens with zero attached hydrogens (tertiary/aromatic N) is 2. The van der Waals surface area contributed by atoms with Crippen molar-refractivity contribution < 1.29 is 23.5 Å². The number of carbonyl (C=O) groups is 2. The predicted molar refractivity (Wildman–Crippen MR) is 64.5 cm³/mol. The molecule has 0 atom stereocenters. The molecule has 0 saturated carbocycles. The molecule has 1 amide bonds. The van der Waals surface area contributed by atoms with Crippen molar-refractivity contribution in [2.24, 2.45) is 7.05 Å². The van der Waals surface area contributed by atoms with Gasteiger partial charge in [-0.2, -0.15) is 5.10 Å². The van der Waals surface area contributed by atoms with E-state index >= 15 is 0 Å². The van der Waals surface area contributed by atoms with Gasteiger partial charge >= 0.3 is 5.97 Å². The van der Waals surface area contributed by atoms with Crippen molar-refractivity contribution in [2.45, 2.75) is 0 Å². The number of hydrogen-bond donors (Lipinski definition) is 2.